The second-order valence-corrected chi connectivity index (χ2v) is 4.40. The zero-order valence-electron chi connectivity index (χ0n) is 8.65. The molecule has 0 aromatic heterocycles. The molecule has 1 N–H and O–H groups in total. The van der Waals surface area contributed by atoms with E-state index < -0.39 is 0 Å². The highest BCUT2D eigenvalue weighted by atomic mass is 16.5. The van der Waals surface area contributed by atoms with E-state index in [1.54, 1.807) is 0 Å². The van der Waals surface area contributed by atoms with Crippen LogP contribution in [0, 0.1) is 0 Å². The van der Waals surface area contributed by atoms with Crippen molar-refractivity contribution in [2.45, 2.75) is 56.8 Å². The average molecular weight is 200 g/mol. The third-order valence-corrected chi connectivity index (χ3v) is 3.12. The lowest BCUT2D eigenvalue weighted by Crippen LogP contribution is -2.22. The lowest BCUT2D eigenvalue weighted by molar-refractivity contribution is 0.0174. The summed E-state index contributed by atoms with van der Waals surface area (Å²) in [5, 5.41) is 9.81. The first kappa shape index (κ1) is 10.4. The summed E-state index contributed by atoms with van der Waals surface area (Å²) in [6.07, 6.45) is 6.47. The van der Waals surface area contributed by atoms with Crippen LogP contribution in [0.15, 0.2) is 0 Å². The van der Waals surface area contributed by atoms with E-state index in [9.17, 15) is 5.11 Å². The highest BCUT2D eigenvalue weighted by molar-refractivity contribution is 4.74. The van der Waals surface area contributed by atoms with Crippen LogP contribution in [0.2, 0.25) is 0 Å². The predicted molar refractivity (Wildman–Crippen MR) is 53.2 cm³/mol. The minimum absolute atomic E-state index is 0.235. The van der Waals surface area contributed by atoms with Crippen LogP contribution in [-0.4, -0.2) is 36.6 Å². The molecule has 0 saturated carbocycles. The highest BCUT2D eigenvalue weighted by Gasteiger charge is 2.23. The highest BCUT2D eigenvalue weighted by Crippen LogP contribution is 2.22. The normalized spacial score (nSPS) is 34.9. The molecule has 3 nitrogen and oxygen atoms in total. The maximum Gasteiger partial charge on any atom is 0.0600 e. The smallest absolute Gasteiger partial charge is 0.0600 e. The standard InChI is InChI=1S/C11H20O3/c12-9(7-10-3-1-5-13-10)8-11-4-2-6-14-11/h9-12H,1-8H2. The van der Waals surface area contributed by atoms with E-state index in [2.05, 4.69) is 0 Å². The largest absolute Gasteiger partial charge is 0.393 e. The third kappa shape index (κ3) is 2.94. The van der Waals surface area contributed by atoms with Gasteiger partial charge in [-0.05, 0) is 38.5 Å². The van der Waals surface area contributed by atoms with E-state index in [0.717, 1.165) is 51.7 Å². The molecule has 3 heteroatoms. The van der Waals surface area contributed by atoms with Crippen LogP contribution in [-0.2, 0) is 9.47 Å². The van der Waals surface area contributed by atoms with Gasteiger partial charge in [0.15, 0.2) is 0 Å². The van der Waals surface area contributed by atoms with E-state index >= 15 is 0 Å². The lowest BCUT2D eigenvalue weighted by atomic mass is 10.0. The first-order valence-electron chi connectivity index (χ1n) is 5.76. The van der Waals surface area contributed by atoms with Crippen molar-refractivity contribution in [1.29, 1.82) is 0 Å². The van der Waals surface area contributed by atoms with E-state index in [0.29, 0.717) is 12.2 Å². The summed E-state index contributed by atoms with van der Waals surface area (Å²) < 4.78 is 11.0. The molecule has 0 aromatic carbocycles. The molecule has 2 aliphatic heterocycles. The van der Waals surface area contributed by atoms with E-state index in [1.165, 1.54) is 0 Å². The summed E-state index contributed by atoms with van der Waals surface area (Å²) >= 11 is 0. The minimum Gasteiger partial charge on any atom is -0.393 e. The van der Waals surface area contributed by atoms with Crippen molar-refractivity contribution in [2.24, 2.45) is 0 Å². The summed E-state index contributed by atoms with van der Waals surface area (Å²) in [4.78, 5) is 0. The topological polar surface area (TPSA) is 38.7 Å². The molecule has 2 heterocycles. The van der Waals surface area contributed by atoms with Crippen molar-refractivity contribution in [3.8, 4) is 0 Å². The quantitative estimate of drug-likeness (QED) is 0.747. The summed E-state index contributed by atoms with van der Waals surface area (Å²) in [6, 6.07) is 0. The van der Waals surface area contributed by atoms with Crippen LogP contribution in [0.1, 0.15) is 38.5 Å². The van der Waals surface area contributed by atoms with Crippen LogP contribution in [0.3, 0.4) is 0 Å². The minimum atomic E-state index is -0.235. The van der Waals surface area contributed by atoms with Gasteiger partial charge in [0.25, 0.3) is 0 Å². The molecule has 0 bridgehead atoms. The van der Waals surface area contributed by atoms with Crippen molar-refractivity contribution < 1.29 is 14.6 Å². The lowest BCUT2D eigenvalue weighted by Gasteiger charge is -2.18. The van der Waals surface area contributed by atoms with Crippen molar-refractivity contribution in [1.82, 2.24) is 0 Å². The van der Waals surface area contributed by atoms with Crippen molar-refractivity contribution in [2.75, 3.05) is 13.2 Å². The molecule has 2 unspecified atom stereocenters. The van der Waals surface area contributed by atoms with Gasteiger partial charge in [-0.25, -0.2) is 0 Å². The molecular weight excluding hydrogens is 180 g/mol. The molecule has 0 amide bonds. The Morgan fingerprint density at radius 2 is 1.50 bits per heavy atom. The van der Waals surface area contributed by atoms with Gasteiger partial charge in [-0.2, -0.15) is 0 Å². The molecule has 2 aliphatic rings. The maximum atomic E-state index is 9.81. The van der Waals surface area contributed by atoms with E-state index in [1.807, 2.05) is 0 Å². The fourth-order valence-corrected chi connectivity index (χ4v) is 2.36. The summed E-state index contributed by atoms with van der Waals surface area (Å²) in [6.45, 7) is 1.74. The van der Waals surface area contributed by atoms with Gasteiger partial charge in [-0.1, -0.05) is 0 Å². The number of ether oxygens (including phenoxy) is 2. The summed E-state index contributed by atoms with van der Waals surface area (Å²) in [7, 11) is 0. The molecule has 0 aromatic rings. The maximum absolute atomic E-state index is 9.81. The van der Waals surface area contributed by atoms with Crippen LogP contribution in [0.5, 0.6) is 0 Å². The second kappa shape index (κ2) is 5.10. The SMILES string of the molecule is OC(CC1CCCO1)CC1CCCO1. The van der Waals surface area contributed by atoms with Gasteiger partial charge in [-0.15, -0.1) is 0 Å². The number of rotatable bonds is 4. The summed E-state index contributed by atoms with van der Waals surface area (Å²) in [5.41, 5.74) is 0. The Morgan fingerprint density at radius 1 is 1.00 bits per heavy atom. The molecular formula is C11H20O3. The van der Waals surface area contributed by atoms with Crippen LogP contribution < -0.4 is 0 Å². The van der Waals surface area contributed by atoms with Gasteiger partial charge in [0, 0.05) is 13.2 Å². The zero-order valence-corrected chi connectivity index (χ0v) is 8.65. The third-order valence-electron chi connectivity index (χ3n) is 3.12. The number of aliphatic hydroxyl groups excluding tert-OH is 1. The molecule has 0 spiro atoms. The molecule has 14 heavy (non-hydrogen) atoms. The van der Waals surface area contributed by atoms with E-state index in [-0.39, 0.29) is 6.10 Å². The van der Waals surface area contributed by atoms with Gasteiger partial charge in [0.2, 0.25) is 0 Å². The molecule has 82 valence electrons. The average Bonchev–Trinajstić information content (AvgIpc) is 2.76. The van der Waals surface area contributed by atoms with Crippen LogP contribution in [0.25, 0.3) is 0 Å². The molecule has 0 aliphatic carbocycles. The van der Waals surface area contributed by atoms with Crippen molar-refractivity contribution in [3.63, 3.8) is 0 Å². The second-order valence-electron chi connectivity index (χ2n) is 4.40. The van der Waals surface area contributed by atoms with Gasteiger partial charge in [-0.3, -0.25) is 0 Å². The van der Waals surface area contributed by atoms with Gasteiger partial charge >= 0.3 is 0 Å². The monoisotopic (exact) mass is 200 g/mol. The number of hydrogen-bond acceptors (Lipinski definition) is 3. The molecule has 0 radical (unpaired) electrons. The van der Waals surface area contributed by atoms with Crippen LogP contribution in [0.4, 0.5) is 0 Å². The first-order valence-corrected chi connectivity index (χ1v) is 5.76. The number of hydrogen-bond donors (Lipinski definition) is 1. The van der Waals surface area contributed by atoms with Gasteiger partial charge < -0.3 is 14.6 Å². The van der Waals surface area contributed by atoms with Gasteiger partial charge in [0.1, 0.15) is 0 Å². The summed E-state index contributed by atoms with van der Waals surface area (Å²) in [5.74, 6) is 0. The molecule has 2 atom stereocenters. The Hall–Kier alpha value is -0.120. The molecule has 2 saturated heterocycles. The Labute approximate surface area is 85.4 Å². The molecule has 2 rings (SSSR count). The van der Waals surface area contributed by atoms with Crippen molar-refractivity contribution in [3.05, 3.63) is 0 Å². The zero-order chi connectivity index (χ0) is 9.80. The fourth-order valence-electron chi connectivity index (χ4n) is 2.36. The number of aliphatic hydroxyl groups is 1. The van der Waals surface area contributed by atoms with Crippen molar-refractivity contribution >= 4 is 0 Å². The molecule has 2 fully saturated rings. The Morgan fingerprint density at radius 3 is 1.86 bits per heavy atom. The first-order chi connectivity index (χ1) is 6.84. The predicted octanol–water partition coefficient (Wildman–Crippen LogP) is 1.49. The Bertz CT molecular complexity index is 142. The Balaban J connectivity index is 1.64. The van der Waals surface area contributed by atoms with Crippen LogP contribution >= 0.6 is 0 Å². The van der Waals surface area contributed by atoms with Gasteiger partial charge in [0.05, 0.1) is 18.3 Å². The van der Waals surface area contributed by atoms with E-state index in [4.69, 9.17) is 9.47 Å². The Kier molecular flexibility index (Phi) is 3.79. The fraction of sp³-hybridized carbons (Fsp3) is 1.00.